The van der Waals surface area contributed by atoms with Gasteiger partial charge < -0.3 is 10.1 Å². The molecule has 2 nitrogen and oxygen atoms in total. The molecular formula is C13H19NO. The molecule has 2 unspecified atom stereocenters. The second-order valence-corrected chi connectivity index (χ2v) is 4.30. The van der Waals surface area contributed by atoms with E-state index in [4.69, 9.17) is 4.74 Å². The highest BCUT2D eigenvalue weighted by Crippen LogP contribution is 2.34. The summed E-state index contributed by atoms with van der Waals surface area (Å²) in [6, 6.07) is 8.65. The fourth-order valence-corrected chi connectivity index (χ4v) is 2.14. The summed E-state index contributed by atoms with van der Waals surface area (Å²) in [6.45, 7) is 3.90. The highest BCUT2D eigenvalue weighted by atomic mass is 16.5. The maximum atomic E-state index is 5.78. The summed E-state index contributed by atoms with van der Waals surface area (Å²) in [7, 11) is 1.96. The van der Waals surface area contributed by atoms with E-state index < -0.39 is 0 Å². The summed E-state index contributed by atoms with van der Waals surface area (Å²) in [5.41, 5.74) is 2.97. The van der Waals surface area contributed by atoms with Gasteiger partial charge in [0.2, 0.25) is 0 Å². The molecule has 2 heteroatoms. The second-order valence-electron chi connectivity index (χ2n) is 4.30. The smallest absolute Gasteiger partial charge is 0.0671 e. The summed E-state index contributed by atoms with van der Waals surface area (Å²) in [4.78, 5) is 0. The molecule has 0 amide bonds. The van der Waals surface area contributed by atoms with Crippen molar-refractivity contribution in [2.45, 2.75) is 25.4 Å². The zero-order chi connectivity index (χ0) is 10.7. The highest BCUT2D eigenvalue weighted by molar-refractivity contribution is 5.39. The Balaban J connectivity index is 1.80. The maximum Gasteiger partial charge on any atom is 0.0671 e. The fourth-order valence-electron chi connectivity index (χ4n) is 2.14. The van der Waals surface area contributed by atoms with Crippen LogP contribution in [-0.2, 0) is 11.2 Å². The minimum atomic E-state index is 0.308. The molecule has 0 aromatic heterocycles. The van der Waals surface area contributed by atoms with Crippen LogP contribution in [0.2, 0.25) is 0 Å². The standard InChI is InChI=1S/C13H19NO/c1-10(8-14-2)15-9-12-7-11-5-3-4-6-13(11)12/h3-6,10,12,14H,7-9H2,1-2H3. The van der Waals surface area contributed by atoms with Crippen LogP contribution in [0, 0.1) is 0 Å². The molecule has 0 fully saturated rings. The average Bonchev–Trinajstić information content (AvgIpc) is 2.20. The Morgan fingerprint density at radius 3 is 3.00 bits per heavy atom. The monoisotopic (exact) mass is 205 g/mol. The maximum absolute atomic E-state index is 5.78. The summed E-state index contributed by atoms with van der Waals surface area (Å²) in [5, 5.41) is 3.12. The van der Waals surface area contributed by atoms with Gasteiger partial charge >= 0.3 is 0 Å². The molecule has 0 bridgehead atoms. The number of nitrogens with one attached hydrogen (secondary N) is 1. The number of likely N-dealkylation sites (N-methyl/N-ethyl adjacent to an activating group) is 1. The summed E-state index contributed by atoms with van der Waals surface area (Å²) in [6.07, 6.45) is 1.49. The summed E-state index contributed by atoms with van der Waals surface area (Å²) >= 11 is 0. The Labute approximate surface area is 91.6 Å². The lowest BCUT2D eigenvalue weighted by atomic mass is 9.78. The molecule has 1 aliphatic rings. The van der Waals surface area contributed by atoms with Crippen LogP contribution < -0.4 is 5.32 Å². The first-order valence-corrected chi connectivity index (χ1v) is 5.65. The molecule has 1 aromatic rings. The van der Waals surface area contributed by atoms with Gasteiger partial charge in [-0.3, -0.25) is 0 Å². The zero-order valence-corrected chi connectivity index (χ0v) is 9.49. The Morgan fingerprint density at radius 2 is 2.27 bits per heavy atom. The first kappa shape index (κ1) is 10.7. The normalized spacial score (nSPS) is 20.5. The lowest BCUT2D eigenvalue weighted by Crippen LogP contribution is -2.28. The minimum Gasteiger partial charge on any atom is -0.377 e. The molecule has 0 heterocycles. The number of fused-ring (bicyclic) bond motifs is 1. The van der Waals surface area contributed by atoms with Crippen molar-refractivity contribution in [2.24, 2.45) is 0 Å². The van der Waals surface area contributed by atoms with Crippen molar-refractivity contribution in [3.8, 4) is 0 Å². The topological polar surface area (TPSA) is 21.3 Å². The van der Waals surface area contributed by atoms with E-state index in [0.717, 1.165) is 13.2 Å². The van der Waals surface area contributed by atoms with Gasteiger partial charge in [-0.05, 0) is 31.5 Å². The van der Waals surface area contributed by atoms with Crippen LogP contribution in [0.4, 0.5) is 0 Å². The molecule has 2 atom stereocenters. The van der Waals surface area contributed by atoms with E-state index in [1.165, 1.54) is 17.5 Å². The molecular weight excluding hydrogens is 186 g/mol. The molecule has 2 rings (SSSR count). The predicted octanol–water partition coefficient (Wildman–Crippen LogP) is 1.95. The minimum absolute atomic E-state index is 0.308. The lowest BCUT2D eigenvalue weighted by Gasteiger charge is -2.30. The van der Waals surface area contributed by atoms with Crippen molar-refractivity contribution in [3.05, 3.63) is 35.4 Å². The molecule has 0 saturated carbocycles. The molecule has 1 aromatic carbocycles. The van der Waals surface area contributed by atoms with Crippen molar-refractivity contribution in [1.82, 2.24) is 5.32 Å². The van der Waals surface area contributed by atoms with E-state index in [0.29, 0.717) is 12.0 Å². The van der Waals surface area contributed by atoms with E-state index in [9.17, 15) is 0 Å². The number of benzene rings is 1. The van der Waals surface area contributed by atoms with Gasteiger partial charge in [-0.15, -0.1) is 0 Å². The number of hydrogen-bond acceptors (Lipinski definition) is 2. The van der Waals surface area contributed by atoms with E-state index in [-0.39, 0.29) is 0 Å². The highest BCUT2D eigenvalue weighted by Gasteiger charge is 2.25. The van der Waals surface area contributed by atoms with Crippen molar-refractivity contribution >= 4 is 0 Å². The van der Waals surface area contributed by atoms with Gasteiger partial charge in [0.25, 0.3) is 0 Å². The largest absolute Gasteiger partial charge is 0.377 e. The molecule has 1 aliphatic carbocycles. The van der Waals surface area contributed by atoms with Gasteiger partial charge in [0, 0.05) is 12.5 Å². The van der Waals surface area contributed by atoms with Gasteiger partial charge in [0.05, 0.1) is 12.7 Å². The van der Waals surface area contributed by atoms with E-state index >= 15 is 0 Å². The van der Waals surface area contributed by atoms with Crippen molar-refractivity contribution in [3.63, 3.8) is 0 Å². The van der Waals surface area contributed by atoms with Crippen LogP contribution >= 0.6 is 0 Å². The SMILES string of the molecule is CNCC(C)OCC1Cc2ccccc21. The molecule has 0 aliphatic heterocycles. The fraction of sp³-hybridized carbons (Fsp3) is 0.538. The van der Waals surface area contributed by atoms with Gasteiger partial charge in [-0.2, -0.15) is 0 Å². The van der Waals surface area contributed by atoms with Crippen molar-refractivity contribution in [1.29, 1.82) is 0 Å². The van der Waals surface area contributed by atoms with E-state index in [2.05, 4.69) is 36.5 Å². The molecule has 0 spiro atoms. The van der Waals surface area contributed by atoms with Gasteiger partial charge in [-0.25, -0.2) is 0 Å². The Morgan fingerprint density at radius 1 is 1.47 bits per heavy atom. The van der Waals surface area contributed by atoms with Gasteiger partial charge in [0.15, 0.2) is 0 Å². The predicted molar refractivity (Wildman–Crippen MR) is 62.2 cm³/mol. The lowest BCUT2D eigenvalue weighted by molar-refractivity contribution is 0.0529. The first-order chi connectivity index (χ1) is 7.31. The van der Waals surface area contributed by atoms with Crippen LogP contribution in [0.15, 0.2) is 24.3 Å². The third-order valence-corrected chi connectivity index (χ3v) is 3.03. The van der Waals surface area contributed by atoms with Crippen molar-refractivity contribution in [2.75, 3.05) is 20.2 Å². The van der Waals surface area contributed by atoms with Crippen LogP contribution in [0.1, 0.15) is 24.0 Å². The van der Waals surface area contributed by atoms with Crippen LogP contribution in [0.25, 0.3) is 0 Å². The number of ether oxygens (including phenoxy) is 1. The molecule has 82 valence electrons. The summed E-state index contributed by atoms with van der Waals surface area (Å²) < 4.78 is 5.78. The Hall–Kier alpha value is -0.860. The number of rotatable bonds is 5. The van der Waals surface area contributed by atoms with Gasteiger partial charge in [0.1, 0.15) is 0 Å². The van der Waals surface area contributed by atoms with Crippen molar-refractivity contribution < 1.29 is 4.74 Å². The van der Waals surface area contributed by atoms with E-state index in [1.807, 2.05) is 7.05 Å². The Bertz CT molecular complexity index is 324. The molecule has 15 heavy (non-hydrogen) atoms. The Kier molecular flexibility index (Phi) is 3.39. The quantitative estimate of drug-likeness (QED) is 0.793. The van der Waals surface area contributed by atoms with Crippen LogP contribution in [-0.4, -0.2) is 26.3 Å². The second kappa shape index (κ2) is 4.77. The molecule has 0 saturated heterocycles. The molecule has 1 N–H and O–H groups in total. The average molecular weight is 205 g/mol. The number of hydrogen-bond donors (Lipinski definition) is 1. The summed E-state index contributed by atoms with van der Waals surface area (Å²) in [5.74, 6) is 0.625. The molecule has 0 radical (unpaired) electrons. The van der Waals surface area contributed by atoms with Gasteiger partial charge in [-0.1, -0.05) is 24.3 Å². The van der Waals surface area contributed by atoms with E-state index in [1.54, 1.807) is 0 Å². The van der Waals surface area contributed by atoms with Crippen LogP contribution in [0.3, 0.4) is 0 Å². The first-order valence-electron chi connectivity index (χ1n) is 5.65. The van der Waals surface area contributed by atoms with Crippen LogP contribution in [0.5, 0.6) is 0 Å². The third-order valence-electron chi connectivity index (χ3n) is 3.03. The third kappa shape index (κ3) is 2.39. The zero-order valence-electron chi connectivity index (χ0n) is 9.49.